The molecule has 2 radical (unpaired) electrons. The van der Waals surface area contributed by atoms with Crippen LogP contribution in [0.1, 0.15) is 25.7 Å². The molecule has 0 aromatic carbocycles. The number of hydrogen-bond acceptors (Lipinski definition) is 0. The summed E-state index contributed by atoms with van der Waals surface area (Å²) in [4.78, 5) is 0. The standard InChI is InChI=1S/C8H12.2CH3Cl2Si.Pt/c1-2-4-6-8-7-5-3-1;2*1-4(2)3;/h1-2,7-8H,3-6H2;2*1H3;/b2-1-,8-7-;;;. The molecule has 0 aromatic rings. The van der Waals surface area contributed by atoms with E-state index in [1.165, 1.54) is 25.7 Å². The van der Waals surface area contributed by atoms with Crippen molar-refractivity contribution >= 4 is 59.1 Å². The quantitative estimate of drug-likeness (QED) is 0.210. The van der Waals surface area contributed by atoms with E-state index in [0.717, 1.165) is 0 Å². The molecule has 1 aliphatic rings. The van der Waals surface area contributed by atoms with E-state index < -0.39 is 14.8 Å². The first-order chi connectivity index (χ1) is 7.46. The van der Waals surface area contributed by atoms with Gasteiger partial charge in [0.2, 0.25) is 0 Å². The third kappa shape index (κ3) is 46.3. The van der Waals surface area contributed by atoms with Gasteiger partial charge in [-0.3, -0.25) is 0 Å². The number of allylic oxidation sites excluding steroid dienone is 4. The summed E-state index contributed by atoms with van der Waals surface area (Å²) >= 11 is 20.6. The third-order valence-electron chi connectivity index (χ3n) is 1.33. The van der Waals surface area contributed by atoms with E-state index in [-0.39, 0.29) is 21.1 Å². The number of halogens is 4. The third-order valence-corrected chi connectivity index (χ3v) is 1.33. The first kappa shape index (κ1) is 23.8. The fourth-order valence-corrected chi connectivity index (χ4v) is 0.856. The average molecular weight is 531 g/mol. The molecule has 0 N–H and O–H groups in total. The molecule has 1 rings (SSSR count). The van der Waals surface area contributed by atoms with Gasteiger partial charge in [-0.15, -0.1) is 44.3 Å². The Hall–Kier alpha value is 1.76. The van der Waals surface area contributed by atoms with Crippen LogP contribution in [0.15, 0.2) is 24.3 Å². The molecular formula is C10H18Cl4PtSi2. The normalized spacial score (nSPS) is 17.4. The van der Waals surface area contributed by atoms with Gasteiger partial charge in [0.1, 0.15) is 0 Å². The Morgan fingerprint density at radius 3 is 0.882 bits per heavy atom. The van der Waals surface area contributed by atoms with Crippen LogP contribution >= 0.6 is 44.3 Å². The van der Waals surface area contributed by atoms with Crippen molar-refractivity contribution in [1.29, 1.82) is 0 Å². The Balaban J connectivity index is -0.000000189. The Bertz CT molecular complexity index is 150. The van der Waals surface area contributed by atoms with Crippen LogP contribution in [0.2, 0.25) is 13.1 Å². The molecule has 0 bridgehead atoms. The molecule has 17 heavy (non-hydrogen) atoms. The summed E-state index contributed by atoms with van der Waals surface area (Å²) in [7, 11) is -1.87. The van der Waals surface area contributed by atoms with Crippen molar-refractivity contribution in [2.24, 2.45) is 0 Å². The average Bonchev–Trinajstić information content (AvgIpc) is 1.98. The van der Waals surface area contributed by atoms with Crippen molar-refractivity contribution < 1.29 is 21.1 Å². The van der Waals surface area contributed by atoms with Crippen LogP contribution in [-0.4, -0.2) is 14.8 Å². The number of rotatable bonds is 0. The van der Waals surface area contributed by atoms with Crippen molar-refractivity contribution in [3.8, 4) is 0 Å². The Kier molecular flexibility index (Phi) is 28.2. The second kappa shape index (κ2) is 20.1. The maximum Gasteiger partial charge on any atom is 0.270 e. The van der Waals surface area contributed by atoms with E-state index in [4.69, 9.17) is 44.3 Å². The van der Waals surface area contributed by atoms with Crippen LogP contribution in [0.5, 0.6) is 0 Å². The van der Waals surface area contributed by atoms with Gasteiger partial charge in [-0.25, -0.2) is 0 Å². The van der Waals surface area contributed by atoms with Crippen molar-refractivity contribution in [3.63, 3.8) is 0 Å². The molecule has 0 aliphatic heterocycles. The zero-order valence-electron chi connectivity index (χ0n) is 9.97. The second-order valence-corrected chi connectivity index (χ2v) is 12.8. The summed E-state index contributed by atoms with van der Waals surface area (Å²) in [5.74, 6) is 0. The molecule has 0 saturated heterocycles. The fraction of sp³-hybridized carbons (Fsp3) is 0.600. The molecule has 7 heteroatoms. The fourth-order valence-electron chi connectivity index (χ4n) is 0.856. The summed E-state index contributed by atoms with van der Waals surface area (Å²) in [6, 6.07) is 0. The van der Waals surface area contributed by atoms with Gasteiger partial charge in [0.15, 0.2) is 0 Å². The van der Waals surface area contributed by atoms with Crippen molar-refractivity contribution in [2.75, 3.05) is 0 Å². The van der Waals surface area contributed by atoms with E-state index in [1.807, 2.05) is 0 Å². The summed E-state index contributed by atoms with van der Waals surface area (Å²) < 4.78 is 0. The summed E-state index contributed by atoms with van der Waals surface area (Å²) in [6.45, 7) is 3.60. The second-order valence-electron chi connectivity index (χ2n) is 3.00. The predicted octanol–water partition coefficient (Wildman–Crippen LogP) is 5.83. The Morgan fingerprint density at radius 2 is 0.765 bits per heavy atom. The van der Waals surface area contributed by atoms with Crippen LogP contribution in [0.25, 0.3) is 0 Å². The van der Waals surface area contributed by atoms with Crippen LogP contribution in [-0.2, 0) is 21.1 Å². The molecule has 0 spiro atoms. The van der Waals surface area contributed by atoms with E-state index >= 15 is 0 Å². The minimum Gasteiger partial charge on any atom is -0.147 e. The molecule has 0 fully saturated rings. The maximum atomic E-state index is 5.14. The van der Waals surface area contributed by atoms with Gasteiger partial charge in [0.25, 0.3) is 14.8 Å². The first-order valence-electron chi connectivity index (χ1n) is 5.06. The van der Waals surface area contributed by atoms with E-state index in [2.05, 4.69) is 24.3 Å². The SMILES string of the molecule is C1=C\CC/C=C\CC/1.C[Si](Cl)Cl.C[Si](Cl)Cl.[Pt]. The van der Waals surface area contributed by atoms with Gasteiger partial charge in [-0.1, -0.05) is 24.3 Å². The van der Waals surface area contributed by atoms with Gasteiger partial charge in [0.05, 0.1) is 0 Å². The number of hydrogen-bond donors (Lipinski definition) is 0. The molecular weight excluding hydrogens is 513 g/mol. The molecule has 0 heterocycles. The van der Waals surface area contributed by atoms with Gasteiger partial charge in [-0.2, -0.15) is 0 Å². The predicted molar refractivity (Wildman–Crippen MR) is 83.4 cm³/mol. The van der Waals surface area contributed by atoms with Gasteiger partial charge >= 0.3 is 0 Å². The summed E-state index contributed by atoms with van der Waals surface area (Å²) in [5.41, 5.74) is 0. The Morgan fingerprint density at radius 1 is 0.647 bits per heavy atom. The largest absolute Gasteiger partial charge is 0.270 e. The molecule has 0 aromatic heterocycles. The van der Waals surface area contributed by atoms with E-state index in [9.17, 15) is 0 Å². The van der Waals surface area contributed by atoms with Crippen molar-refractivity contribution in [3.05, 3.63) is 24.3 Å². The zero-order chi connectivity index (χ0) is 12.8. The topological polar surface area (TPSA) is 0 Å². The van der Waals surface area contributed by atoms with Crippen LogP contribution in [0.4, 0.5) is 0 Å². The molecule has 0 amide bonds. The summed E-state index contributed by atoms with van der Waals surface area (Å²) in [5, 5.41) is 0. The maximum absolute atomic E-state index is 5.14. The summed E-state index contributed by atoms with van der Waals surface area (Å²) in [6.07, 6.45) is 14.0. The van der Waals surface area contributed by atoms with Crippen LogP contribution in [0, 0.1) is 0 Å². The molecule has 0 unspecified atom stereocenters. The van der Waals surface area contributed by atoms with Crippen molar-refractivity contribution in [1.82, 2.24) is 0 Å². The van der Waals surface area contributed by atoms with Gasteiger partial charge in [0, 0.05) is 21.1 Å². The van der Waals surface area contributed by atoms with Crippen LogP contribution < -0.4 is 0 Å². The minimum absolute atomic E-state index is 0. The molecule has 0 atom stereocenters. The van der Waals surface area contributed by atoms with E-state index in [1.54, 1.807) is 13.1 Å². The molecule has 0 nitrogen and oxygen atoms in total. The van der Waals surface area contributed by atoms with Crippen molar-refractivity contribution in [2.45, 2.75) is 38.8 Å². The Labute approximate surface area is 142 Å². The van der Waals surface area contributed by atoms with Gasteiger partial charge in [-0.05, 0) is 38.8 Å². The molecule has 104 valence electrons. The monoisotopic (exact) mass is 529 g/mol. The van der Waals surface area contributed by atoms with Gasteiger partial charge < -0.3 is 0 Å². The zero-order valence-corrected chi connectivity index (χ0v) is 17.3. The van der Waals surface area contributed by atoms with Crippen LogP contribution in [0.3, 0.4) is 0 Å². The smallest absolute Gasteiger partial charge is 0.147 e. The van der Waals surface area contributed by atoms with E-state index in [0.29, 0.717) is 0 Å². The molecule has 1 aliphatic carbocycles. The first-order valence-corrected chi connectivity index (χ1v) is 13.1. The molecule has 0 saturated carbocycles. The minimum atomic E-state index is -0.935.